The van der Waals surface area contributed by atoms with Crippen LogP contribution in [0.15, 0.2) is 121 Å². The number of nitrogens with zero attached hydrogens (tertiary/aromatic N) is 2. The molecule has 0 aliphatic carbocycles. The number of fused-ring (bicyclic) bond motifs is 2. The molecule has 8 rings (SSSR count). The zero-order chi connectivity index (χ0) is 67.5. The third kappa shape index (κ3) is 21.2. The highest BCUT2D eigenvalue weighted by atomic mass is 16.5. The van der Waals surface area contributed by atoms with Gasteiger partial charge in [0.25, 0.3) is 0 Å². The fourth-order valence-electron chi connectivity index (χ4n) is 12.8. The van der Waals surface area contributed by atoms with Crippen molar-refractivity contribution in [3.8, 4) is 0 Å². The Bertz CT molecular complexity index is 3080. The maximum absolute atomic E-state index is 14.6. The zero-order valence-corrected chi connectivity index (χ0v) is 55.0. The van der Waals surface area contributed by atoms with Gasteiger partial charge in [0.05, 0.1) is 57.8 Å². The topological polar surface area (TPSA) is 317 Å². The van der Waals surface area contributed by atoms with Gasteiger partial charge in [-0.3, -0.25) is 43.2 Å². The first-order valence-electron chi connectivity index (χ1n) is 33.4. The minimum atomic E-state index is -1.06. The van der Waals surface area contributed by atoms with Crippen molar-refractivity contribution in [1.29, 1.82) is 0 Å². The Balaban J connectivity index is 0.693. The maximum Gasteiger partial charge on any atom is 0.247 e. The van der Waals surface area contributed by atoms with E-state index in [4.69, 9.17) is 18.9 Å². The first kappa shape index (κ1) is 72.7. The Morgan fingerprint density at radius 3 is 1.38 bits per heavy atom. The predicted octanol–water partition coefficient (Wildman–Crippen LogP) is 1.68. The molecule has 0 aromatic heterocycles. The Morgan fingerprint density at radius 2 is 0.884 bits per heavy atom. The van der Waals surface area contributed by atoms with Crippen molar-refractivity contribution in [3.05, 3.63) is 144 Å². The summed E-state index contributed by atoms with van der Waals surface area (Å²) in [6.45, 7) is 5.39. The molecular weight excluding hydrogens is 1220 g/mol. The Hall–Kier alpha value is -8.17. The van der Waals surface area contributed by atoms with Crippen molar-refractivity contribution >= 4 is 53.2 Å². The highest BCUT2D eigenvalue weighted by Gasteiger charge is 2.50. The number of carbonyl (C=O) groups excluding carboxylic acids is 9. The van der Waals surface area contributed by atoms with Gasteiger partial charge in [0.1, 0.15) is 43.4 Å². The largest absolute Gasteiger partial charge is 0.377 e. The summed E-state index contributed by atoms with van der Waals surface area (Å²) in [6, 6.07) is 31.5. The number of hydrogen-bond donors (Lipinski definition) is 10. The number of amides is 9. The lowest BCUT2D eigenvalue weighted by Crippen LogP contribution is -2.59. The average molecular weight is 1310 g/mol. The lowest BCUT2D eigenvalue weighted by atomic mass is 9.92. The summed E-state index contributed by atoms with van der Waals surface area (Å²) in [5.74, 6) is -4.26. The van der Waals surface area contributed by atoms with Crippen LogP contribution in [0.25, 0.3) is 0 Å². The zero-order valence-electron chi connectivity index (χ0n) is 55.0. The molecule has 514 valence electrons. The van der Waals surface area contributed by atoms with E-state index in [0.717, 1.165) is 16.7 Å². The van der Waals surface area contributed by atoms with Gasteiger partial charge in [0.15, 0.2) is 0 Å². The molecular formula is C70H96N12O13. The number of benzene rings is 4. The molecule has 0 radical (unpaired) electrons. The lowest BCUT2D eigenvalue weighted by molar-refractivity contribution is -0.144. The highest BCUT2D eigenvalue weighted by Crippen LogP contribution is 2.37. The fourth-order valence-corrected chi connectivity index (χ4v) is 12.8. The summed E-state index contributed by atoms with van der Waals surface area (Å²) in [5.41, 5.74) is 3.46. The van der Waals surface area contributed by atoms with Gasteiger partial charge in [-0.15, -0.1) is 0 Å². The third-order valence-electron chi connectivity index (χ3n) is 18.3. The standard InChI is InChI=1S/C70H96N12O13/c1-46(71-3)64(85)79-62-52(42-73-41-48-17-9-5-10-18-48)25-27-54-30-32-57(82(54)69(62)90)67(88)78-61(51-23-15-8-16-24-51)68(89)75-34-36-93-38-40-94-39-37-92-35-33-74-58(83)44-95-45-59(84)76-43-53-26-28-55-29-31-56(81(55)70(91)63(53)80-65(86)47(2)72-4)66(87)77-60(49-19-11-6-12-20-49)50-21-13-7-14-22-50/h5-24,46-47,52-57,60-63,71-73H,25-45H2,1-4H3,(H,74,83)(H,75,89)(H,76,84)(H,77,87)(H,78,88)(H,79,85)(H,80,86)/t46-,47-,52+,53+,54-,55-,56-,57-,61-,62?,63-/m0/s1. The van der Waals surface area contributed by atoms with Gasteiger partial charge < -0.3 is 81.9 Å². The van der Waals surface area contributed by atoms with Crippen LogP contribution in [0.1, 0.15) is 99.6 Å². The van der Waals surface area contributed by atoms with Crippen LogP contribution in [0.3, 0.4) is 0 Å². The Morgan fingerprint density at radius 1 is 0.463 bits per heavy atom. The molecule has 4 heterocycles. The average Bonchev–Trinajstić information content (AvgIpc) is 1.80. The van der Waals surface area contributed by atoms with Gasteiger partial charge in [-0.1, -0.05) is 121 Å². The molecule has 4 aliphatic heterocycles. The maximum atomic E-state index is 14.6. The fraction of sp³-hybridized carbons (Fsp3) is 0.529. The van der Waals surface area contributed by atoms with E-state index >= 15 is 0 Å². The predicted molar refractivity (Wildman–Crippen MR) is 354 cm³/mol. The molecule has 25 nitrogen and oxygen atoms in total. The van der Waals surface area contributed by atoms with Crippen molar-refractivity contribution in [1.82, 2.24) is 63.0 Å². The van der Waals surface area contributed by atoms with Gasteiger partial charge >= 0.3 is 0 Å². The van der Waals surface area contributed by atoms with E-state index in [1.807, 2.05) is 97.1 Å². The number of likely N-dealkylation sites (N-methyl/N-ethyl adjacent to an activating group) is 2. The van der Waals surface area contributed by atoms with Crippen LogP contribution >= 0.6 is 0 Å². The Kier molecular flexibility index (Phi) is 28.9. The molecule has 0 spiro atoms. The van der Waals surface area contributed by atoms with Gasteiger partial charge in [-0.05, 0) is 102 Å². The molecule has 4 aromatic carbocycles. The number of ether oxygens (including phenoxy) is 4. The molecule has 9 amide bonds. The smallest absolute Gasteiger partial charge is 0.247 e. The van der Waals surface area contributed by atoms with Crippen LogP contribution in [0.5, 0.6) is 0 Å². The summed E-state index contributed by atoms with van der Waals surface area (Å²) in [7, 11) is 3.32. The van der Waals surface area contributed by atoms with Crippen molar-refractivity contribution in [2.75, 3.05) is 93.1 Å². The molecule has 95 heavy (non-hydrogen) atoms. The summed E-state index contributed by atoms with van der Waals surface area (Å²) in [5, 5.41) is 29.8. The minimum absolute atomic E-state index is 0.0434. The van der Waals surface area contributed by atoms with Crippen LogP contribution in [-0.4, -0.2) is 204 Å². The number of nitrogens with one attached hydrogen (secondary N) is 10. The van der Waals surface area contributed by atoms with E-state index in [1.54, 1.807) is 62.0 Å². The number of carbonyl (C=O) groups is 9. The molecule has 25 heteroatoms. The van der Waals surface area contributed by atoms with Crippen LogP contribution in [0.4, 0.5) is 0 Å². The monoisotopic (exact) mass is 1310 g/mol. The second-order valence-electron chi connectivity index (χ2n) is 24.7. The first-order chi connectivity index (χ1) is 46.1. The van der Waals surface area contributed by atoms with Crippen molar-refractivity contribution in [2.45, 2.75) is 132 Å². The third-order valence-corrected chi connectivity index (χ3v) is 18.3. The highest BCUT2D eigenvalue weighted by molar-refractivity contribution is 5.97. The SMILES string of the molecule is CN[C@@H](C)C(=O)NC1C(=O)N2[C@@H](CC[C@@H]1CNCc1ccccc1)CC[C@H]2C(=O)N[C@H](C(=O)NCCOCCOCCOCCNC(=O)COCC(=O)NC[C@H]1CC[C@H]2CC[C@@H](C(=O)NC(c3ccccc3)c3ccccc3)N2C(=O)[C@H]1NC(=O)[C@H](C)NC)c1ccccc1. The van der Waals surface area contributed by atoms with Gasteiger partial charge in [-0.2, -0.15) is 0 Å². The second-order valence-corrected chi connectivity index (χ2v) is 24.7. The molecule has 4 aromatic rings. The number of rotatable bonds is 36. The van der Waals surface area contributed by atoms with E-state index in [-0.39, 0.29) is 108 Å². The summed E-state index contributed by atoms with van der Waals surface area (Å²) >= 11 is 0. The van der Waals surface area contributed by atoms with E-state index < -0.39 is 90.4 Å². The van der Waals surface area contributed by atoms with Gasteiger partial charge in [0.2, 0.25) is 53.2 Å². The molecule has 4 saturated heterocycles. The normalized spacial score (nSPS) is 21.8. The van der Waals surface area contributed by atoms with Crippen LogP contribution in [-0.2, 0) is 68.6 Å². The lowest BCUT2D eigenvalue weighted by Gasteiger charge is -2.33. The van der Waals surface area contributed by atoms with E-state index in [9.17, 15) is 43.2 Å². The summed E-state index contributed by atoms with van der Waals surface area (Å²) < 4.78 is 22.3. The van der Waals surface area contributed by atoms with E-state index in [0.29, 0.717) is 70.0 Å². The summed E-state index contributed by atoms with van der Waals surface area (Å²) in [6.07, 6.45) is 4.48. The van der Waals surface area contributed by atoms with Crippen molar-refractivity contribution in [3.63, 3.8) is 0 Å². The molecule has 0 bridgehead atoms. The molecule has 0 saturated carbocycles. The molecule has 4 fully saturated rings. The van der Waals surface area contributed by atoms with Gasteiger partial charge in [-0.25, -0.2) is 0 Å². The van der Waals surface area contributed by atoms with E-state index in [1.165, 1.54) is 0 Å². The minimum Gasteiger partial charge on any atom is -0.377 e. The quantitative estimate of drug-likeness (QED) is 0.0290. The molecule has 4 aliphatic rings. The molecule has 11 atom stereocenters. The van der Waals surface area contributed by atoms with Gasteiger partial charge in [0, 0.05) is 56.6 Å². The van der Waals surface area contributed by atoms with Crippen molar-refractivity contribution in [2.24, 2.45) is 11.8 Å². The van der Waals surface area contributed by atoms with Crippen LogP contribution in [0, 0.1) is 11.8 Å². The van der Waals surface area contributed by atoms with Crippen molar-refractivity contribution < 1.29 is 62.1 Å². The molecule has 10 N–H and O–H groups in total. The second kappa shape index (κ2) is 37.8. The first-order valence-corrected chi connectivity index (χ1v) is 33.4. The summed E-state index contributed by atoms with van der Waals surface area (Å²) in [4.78, 5) is 127. The van der Waals surface area contributed by atoms with E-state index in [2.05, 4.69) is 53.2 Å². The Labute approximate surface area is 556 Å². The van der Waals surface area contributed by atoms with Crippen LogP contribution < -0.4 is 53.2 Å². The van der Waals surface area contributed by atoms with Crippen LogP contribution in [0.2, 0.25) is 0 Å². The molecule has 1 unspecified atom stereocenters. The number of hydrogen-bond acceptors (Lipinski definition) is 16.